The number of carbonyl (C=O) groups is 2. The summed E-state index contributed by atoms with van der Waals surface area (Å²) in [6, 6.07) is 6.01. The molecule has 0 bridgehead atoms. The predicted octanol–water partition coefficient (Wildman–Crippen LogP) is 2.40. The van der Waals surface area contributed by atoms with Crippen LogP contribution in [0.3, 0.4) is 0 Å². The van der Waals surface area contributed by atoms with Crippen LogP contribution in [0.1, 0.15) is 26.7 Å². The summed E-state index contributed by atoms with van der Waals surface area (Å²) in [5, 5.41) is 0.462. The van der Waals surface area contributed by atoms with E-state index in [1.54, 1.807) is 11.8 Å². The van der Waals surface area contributed by atoms with E-state index >= 15 is 0 Å². The molecule has 7 nitrogen and oxygen atoms in total. The molecule has 0 aliphatic carbocycles. The molecule has 1 aromatic carbocycles. The third-order valence-electron chi connectivity index (χ3n) is 4.98. The van der Waals surface area contributed by atoms with Crippen molar-refractivity contribution in [3.05, 3.63) is 29.3 Å². The zero-order valence-corrected chi connectivity index (χ0v) is 18.0. The Morgan fingerprint density at radius 3 is 2.54 bits per heavy atom. The fraction of sp³-hybridized carbons (Fsp3) is 0.579. The Kier molecular flexibility index (Phi) is 7.86. The van der Waals surface area contributed by atoms with Gasteiger partial charge in [-0.05, 0) is 44.0 Å². The summed E-state index contributed by atoms with van der Waals surface area (Å²) >= 11 is 5.85. The second-order valence-electron chi connectivity index (χ2n) is 6.96. The van der Waals surface area contributed by atoms with E-state index in [-0.39, 0.29) is 29.9 Å². The SMILES string of the molecule is CCN(CC(C)C(=O)OC)C(=O)C1CCCN(S(=O)(=O)c2ccc(Cl)cc2)C1. The number of piperidine rings is 1. The number of hydrogen-bond acceptors (Lipinski definition) is 5. The van der Waals surface area contributed by atoms with Crippen molar-refractivity contribution in [3.63, 3.8) is 0 Å². The monoisotopic (exact) mass is 430 g/mol. The first-order valence-electron chi connectivity index (χ1n) is 9.33. The molecule has 0 radical (unpaired) electrons. The average Bonchev–Trinajstić information content (AvgIpc) is 2.71. The van der Waals surface area contributed by atoms with Crippen LogP contribution in [-0.4, -0.2) is 62.8 Å². The molecule has 9 heteroatoms. The largest absolute Gasteiger partial charge is 0.469 e. The number of amides is 1. The highest BCUT2D eigenvalue weighted by Crippen LogP contribution is 2.26. The van der Waals surface area contributed by atoms with E-state index in [0.29, 0.717) is 31.0 Å². The van der Waals surface area contributed by atoms with Crippen molar-refractivity contribution < 1.29 is 22.7 Å². The first-order valence-corrected chi connectivity index (χ1v) is 11.1. The number of carbonyl (C=O) groups excluding carboxylic acids is 2. The Bertz CT molecular complexity index is 797. The van der Waals surface area contributed by atoms with Crippen molar-refractivity contribution in [2.24, 2.45) is 11.8 Å². The Labute approximate surface area is 171 Å². The number of nitrogens with zero attached hydrogens (tertiary/aromatic N) is 2. The van der Waals surface area contributed by atoms with Crippen LogP contribution in [0.4, 0.5) is 0 Å². The molecular weight excluding hydrogens is 404 g/mol. The van der Waals surface area contributed by atoms with Crippen molar-refractivity contribution >= 4 is 33.5 Å². The molecule has 1 saturated heterocycles. The van der Waals surface area contributed by atoms with Crippen LogP contribution in [0.15, 0.2) is 29.2 Å². The highest BCUT2D eigenvalue weighted by atomic mass is 35.5. The topological polar surface area (TPSA) is 84.0 Å². The van der Waals surface area contributed by atoms with E-state index in [0.717, 1.165) is 0 Å². The van der Waals surface area contributed by atoms with Crippen molar-refractivity contribution in [3.8, 4) is 0 Å². The lowest BCUT2D eigenvalue weighted by Crippen LogP contribution is -2.48. The summed E-state index contributed by atoms with van der Waals surface area (Å²) in [4.78, 5) is 26.4. The number of halogens is 1. The molecule has 0 spiro atoms. The average molecular weight is 431 g/mol. The molecule has 2 unspecified atom stereocenters. The molecule has 1 aliphatic rings. The number of esters is 1. The number of ether oxygens (including phenoxy) is 1. The zero-order chi connectivity index (χ0) is 20.9. The molecule has 1 heterocycles. The molecule has 1 aromatic rings. The molecule has 2 rings (SSSR count). The molecule has 1 amide bonds. The van der Waals surface area contributed by atoms with E-state index in [1.165, 1.54) is 35.7 Å². The summed E-state index contributed by atoms with van der Waals surface area (Å²) in [6.45, 7) is 4.75. The van der Waals surface area contributed by atoms with Crippen molar-refractivity contribution in [2.45, 2.75) is 31.6 Å². The van der Waals surface area contributed by atoms with Crippen LogP contribution < -0.4 is 0 Å². The van der Waals surface area contributed by atoms with Gasteiger partial charge in [0.05, 0.1) is 23.8 Å². The molecule has 1 aliphatic heterocycles. The van der Waals surface area contributed by atoms with Crippen molar-refractivity contribution in [1.82, 2.24) is 9.21 Å². The van der Waals surface area contributed by atoms with Gasteiger partial charge >= 0.3 is 5.97 Å². The fourth-order valence-corrected chi connectivity index (χ4v) is 5.01. The van der Waals surface area contributed by atoms with Crippen molar-refractivity contribution in [1.29, 1.82) is 0 Å². The lowest BCUT2D eigenvalue weighted by molar-refractivity contribution is -0.147. The summed E-state index contributed by atoms with van der Waals surface area (Å²) in [5.41, 5.74) is 0. The second-order valence-corrected chi connectivity index (χ2v) is 9.33. The number of rotatable bonds is 7. The second kappa shape index (κ2) is 9.71. The molecular formula is C19H27ClN2O5S. The van der Waals surface area contributed by atoms with Gasteiger partial charge in [-0.3, -0.25) is 9.59 Å². The Morgan fingerprint density at radius 2 is 1.96 bits per heavy atom. The molecule has 156 valence electrons. The third-order valence-corrected chi connectivity index (χ3v) is 7.11. The normalized spacial score (nSPS) is 19.1. The Balaban J connectivity index is 2.11. The Hall–Kier alpha value is -1.64. The molecule has 0 N–H and O–H groups in total. The van der Waals surface area contributed by atoms with Crippen LogP contribution in [0.25, 0.3) is 0 Å². The lowest BCUT2D eigenvalue weighted by atomic mass is 9.97. The van der Waals surface area contributed by atoms with Crippen LogP contribution in [0, 0.1) is 11.8 Å². The van der Waals surface area contributed by atoms with E-state index in [1.807, 2.05) is 6.92 Å². The minimum absolute atomic E-state index is 0.130. The van der Waals surface area contributed by atoms with Gasteiger partial charge in [0.15, 0.2) is 0 Å². The number of hydrogen-bond donors (Lipinski definition) is 0. The van der Waals surface area contributed by atoms with Crippen LogP contribution in [-0.2, 0) is 24.3 Å². The summed E-state index contributed by atoms with van der Waals surface area (Å²) in [7, 11) is -2.37. The summed E-state index contributed by atoms with van der Waals surface area (Å²) in [5.74, 6) is -1.37. The number of sulfonamides is 1. The fourth-order valence-electron chi connectivity index (χ4n) is 3.36. The van der Waals surface area contributed by atoms with Gasteiger partial charge in [-0.25, -0.2) is 8.42 Å². The van der Waals surface area contributed by atoms with Gasteiger partial charge in [0.25, 0.3) is 0 Å². The minimum Gasteiger partial charge on any atom is -0.469 e. The zero-order valence-electron chi connectivity index (χ0n) is 16.4. The van der Waals surface area contributed by atoms with Crippen molar-refractivity contribution in [2.75, 3.05) is 33.3 Å². The summed E-state index contributed by atoms with van der Waals surface area (Å²) < 4.78 is 31.9. The number of methoxy groups -OCH3 is 1. The Morgan fingerprint density at radius 1 is 1.32 bits per heavy atom. The van der Waals surface area contributed by atoms with Crippen LogP contribution in [0.2, 0.25) is 5.02 Å². The van der Waals surface area contributed by atoms with Gasteiger partial charge in [0, 0.05) is 31.2 Å². The summed E-state index contributed by atoms with van der Waals surface area (Å²) in [6.07, 6.45) is 1.22. The predicted molar refractivity (Wildman–Crippen MR) is 106 cm³/mol. The molecule has 28 heavy (non-hydrogen) atoms. The van der Waals surface area contributed by atoms with Gasteiger partial charge in [0.2, 0.25) is 15.9 Å². The van der Waals surface area contributed by atoms with Gasteiger partial charge in [0.1, 0.15) is 0 Å². The molecule has 2 atom stereocenters. The van der Waals surface area contributed by atoms with Crippen LogP contribution >= 0.6 is 11.6 Å². The lowest BCUT2D eigenvalue weighted by Gasteiger charge is -2.34. The maximum atomic E-state index is 13.0. The standard InChI is InChI=1S/C19H27ClN2O5S/c1-4-21(12-14(2)19(24)27-3)18(23)15-6-5-11-22(13-15)28(25,26)17-9-7-16(20)8-10-17/h7-10,14-15H,4-6,11-13H2,1-3H3. The van der Waals surface area contributed by atoms with Gasteiger partial charge in [-0.2, -0.15) is 4.31 Å². The molecule has 1 fully saturated rings. The quantitative estimate of drug-likeness (QED) is 0.620. The maximum Gasteiger partial charge on any atom is 0.310 e. The first kappa shape index (κ1) is 22.6. The van der Waals surface area contributed by atoms with Gasteiger partial charge in [-0.1, -0.05) is 18.5 Å². The minimum atomic E-state index is -3.69. The molecule has 0 saturated carbocycles. The molecule has 0 aromatic heterocycles. The highest BCUT2D eigenvalue weighted by molar-refractivity contribution is 7.89. The van der Waals surface area contributed by atoms with Crippen LogP contribution in [0.5, 0.6) is 0 Å². The maximum absolute atomic E-state index is 13.0. The number of benzene rings is 1. The smallest absolute Gasteiger partial charge is 0.310 e. The van der Waals surface area contributed by atoms with Gasteiger partial charge in [-0.15, -0.1) is 0 Å². The third kappa shape index (κ3) is 5.24. The van der Waals surface area contributed by atoms with E-state index < -0.39 is 21.9 Å². The van der Waals surface area contributed by atoms with E-state index in [9.17, 15) is 18.0 Å². The first-order chi connectivity index (χ1) is 13.2. The van der Waals surface area contributed by atoms with E-state index in [4.69, 9.17) is 16.3 Å². The van der Waals surface area contributed by atoms with Gasteiger partial charge < -0.3 is 9.64 Å². The van der Waals surface area contributed by atoms with E-state index in [2.05, 4.69) is 0 Å². The highest BCUT2D eigenvalue weighted by Gasteiger charge is 2.35.